The van der Waals surface area contributed by atoms with Crippen molar-refractivity contribution >= 4 is 15.9 Å². The van der Waals surface area contributed by atoms with Gasteiger partial charge in [-0.15, -0.1) is 0 Å². The maximum atomic E-state index is 3.90. The Morgan fingerprint density at radius 2 is 1.40 bits per heavy atom. The molecule has 1 aliphatic carbocycles. The van der Waals surface area contributed by atoms with Crippen molar-refractivity contribution in [1.29, 1.82) is 0 Å². The molecule has 0 aromatic carbocycles. The van der Waals surface area contributed by atoms with E-state index in [0.717, 1.165) is 28.5 Å². The van der Waals surface area contributed by atoms with Crippen LogP contribution in [0.25, 0.3) is 0 Å². The van der Waals surface area contributed by atoms with Gasteiger partial charge in [0.1, 0.15) is 0 Å². The molecule has 3 atom stereocenters. The second kappa shape index (κ2) is 6.27. The maximum Gasteiger partial charge on any atom is 0.0197 e. The molecule has 0 aromatic rings. The summed E-state index contributed by atoms with van der Waals surface area (Å²) in [7, 11) is 0. The van der Waals surface area contributed by atoms with Crippen molar-refractivity contribution in [3.05, 3.63) is 0 Å². The van der Waals surface area contributed by atoms with Gasteiger partial charge >= 0.3 is 0 Å². The minimum Gasteiger partial charge on any atom is -0.0885 e. The minimum atomic E-state index is 0.739. The lowest BCUT2D eigenvalue weighted by Crippen LogP contribution is -2.19. The second-order valence-electron chi connectivity index (χ2n) is 5.96. The normalized spacial score (nSPS) is 30.6. The molecule has 0 aliphatic heterocycles. The highest BCUT2D eigenvalue weighted by atomic mass is 79.9. The van der Waals surface area contributed by atoms with Gasteiger partial charge < -0.3 is 0 Å². The van der Waals surface area contributed by atoms with Crippen LogP contribution < -0.4 is 0 Å². The Balaban J connectivity index is 2.45. The SMILES string of the molecule is CC(C)C1CCCC(C(Br)C(C)C)CC1. The zero-order valence-electron chi connectivity index (χ0n) is 10.8. The quantitative estimate of drug-likeness (QED) is 0.487. The summed E-state index contributed by atoms with van der Waals surface area (Å²) in [5.74, 6) is 3.58. The molecule has 0 saturated heterocycles. The molecule has 15 heavy (non-hydrogen) atoms. The van der Waals surface area contributed by atoms with Gasteiger partial charge in [-0.25, -0.2) is 0 Å². The third-order valence-corrected chi connectivity index (χ3v) is 5.89. The van der Waals surface area contributed by atoms with Crippen LogP contribution in [-0.2, 0) is 0 Å². The van der Waals surface area contributed by atoms with E-state index in [9.17, 15) is 0 Å². The summed E-state index contributed by atoms with van der Waals surface area (Å²) in [6.07, 6.45) is 7.25. The monoisotopic (exact) mass is 274 g/mol. The van der Waals surface area contributed by atoms with E-state index in [0.29, 0.717) is 0 Å². The van der Waals surface area contributed by atoms with Gasteiger partial charge in [0.2, 0.25) is 0 Å². The van der Waals surface area contributed by atoms with Crippen LogP contribution in [0.5, 0.6) is 0 Å². The Labute approximate surface area is 104 Å². The van der Waals surface area contributed by atoms with Crippen LogP contribution in [0.2, 0.25) is 0 Å². The third kappa shape index (κ3) is 4.09. The van der Waals surface area contributed by atoms with Crippen molar-refractivity contribution in [2.75, 3.05) is 0 Å². The van der Waals surface area contributed by atoms with Gasteiger partial charge in [-0.1, -0.05) is 56.5 Å². The van der Waals surface area contributed by atoms with Crippen molar-refractivity contribution in [1.82, 2.24) is 0 Å². The van der Waals surface area contributed by atoms with Gasteiger partial charge in [0, 0.05) is 4.83 Å². The molecule has 0 aromatic heterocycles. The first-order valence-electron chi connectivity index (χ1n) is 6.66. The van der Waals surface area contributed by atoms with E-state index in [2.05, 4.69) is 43.6 Å². The fourth-order valence-corrected chi connectivity index (χ4v) is 3.42. The van der Waals surface area contributed by atoms with E-state index in [1.165, 1.54) is 32.1 Å². The topological polar surface area (TPSA) is 0 Å². The zero-order valence-corrected chi connectivity index (χ0v) is 12.4. The van der Waals surface area contributed by atoms with E-state index in [-0.39, 0.29) is 0 Å². The fourth-order valence-electron chi connectivity index (χ4n) is 2.89. The first kappa shape index (κ1) is 13.5. The highest BCUT2D eigenvalue weighted by molar-refractivity contribution is 9.09. The lowest BCUT2D eigenvalue weighted by Gasteiger charge is -2.24. The summed E-state index contributed by atoms with van der Waals surface area (Å²) < 4.78 is 0. The Morgan fingerprint density at radius 1 is 0.867 bits per heavy atom. The van der Waals surface area contributed by atoms with E-state index >= 15 is 0 Å². The lowest BCUT2D eigenvalue weighted by molar-refractivity contribution is 0.329. The van der Waals surface area contributed by atoms with E-state index in [1.54, 1.807) is 0 Å². The summed E-state index contributed by atoms with van der Waals surface area (Å²) in [5, 5.41) is 0. The Morgan fingerprint density at radius 3 is 1.93 bits per heavy atom. The minimum absolute atomic E-state index is 0.739. The first-order valence-corrected chi connectivity index (χ1v) is 7.58. The van der Waals surface area contributed by atoms with Gasteiger partial charge in [-0.2, -0.15) is 0 Å². The maximum absolute atomic E-state index is 3.90. The zero-order chi connectivity index (χ0) is 11.4. The van der Waals surface area contributed by atoms with Crippen molar-refractivity contribution in [3.63, 3.8) is 0 Å². The highest BCUT2D eigenvalue weighted by Crippen LogP contribution is 2.36. The molecule has 3 unspecified atom stereocenters. The van der Waals surface area contributed by atoms with Crippen LogP contribution in [-0.4, -0.2) is 4.83 Å². The van der Waals surface area contributed by atoms with Gasteiger partial charge in [0.25, 0.3) is 0 Å². The van der Waals surface area contributed by atoms with E-state index in [1.807, 2.05) is 0 Å². The van der Waals surface area contributed by atoms with Gasteiger partial charge in [0.15, 0.2) is 0 Å². The van der Waals surface area contributed by atoms with Crippen LogP contribution in [0.1, 0.15) is 59.8 Å². The third-order valence-electron chi connectivity index (χ3n) is 4.09. The van der Waals surface area contributed by atoms with Gasteiger partial charge in [-0.05, 0) is 42.9 Å². The molecule has 0 amide bonds. The molecule has 0 bridgehead atoms. The fraction of sp³-hybridized carbons (Fsp3) is 1.00. The van der Waals surface area contributed by atoms with E-state index < -0.39 is 0 Å². The standard InChI is InChI=1S/C14H27Br/c1-10(2)12-6-5-7-13(9-8-12)14(15)11(3)4/h10-14H,5-9H2,1-4H3. The van der Waals surface area contributed by atoms with Crippen LogP contribution >= 0.6 is 15.9 Å². The first-order chi connectivity index (χ1) is 7.02. The number of rotatable bonds is 3. The summed E-state index contributed by atoms with van der Waals surface area (Å²) in [6, 6.07) is 0. The molecule has 1 heteroatoms. The Hall–Kier alpha value is 0.480. The van der Waals surface area contributed by atoms with Crippen molar-refractivity contribution in [2.45, 2.75) is 64.6 Å². The molecule has 1 rings (SSSR count). The van der Waals surface area contributed by atoms with Crippen molar-refractivity contribution in [3.8, 4) is 0 Å². The molecule has 90 valence electrons. The Kier molecular flexibility index (Phi) is 5.66. The molecule has 0 nitrogen and oxygen atoms in total. The molecular weight excluding hydrogens is 248 g/mol. The number of hydrogen-bond acceptors (Lipinski definition) is 0. The second-order valence-corrected chi connectivity index (χ2v) is 7.02. The van der Waals surface area contributed by atoms with Gasteiger partial charge in [-0.3, -0.25) is 0 Å². The predicted octanol–water partition coefficient (Wildman–Crippen LogP) is 5.26. The molecule has 0 spiro atoms. The average Bonchev–Trinajstić information content (AvgIpc) is 2.41. The summed E-state index contributed by atoms with van der Waals surface area (Å²) >= 11 is 3.90. The summed E-state index contributed by atoms with van der Waals surface area (Å²) in [6.45, 7) is 9.45. The molecular formula is C14H27Br. The molecule has 1 saturated carbocycles. The largest absolute Gasteiger partial charge is 0.0885 e. The van der Waals surface area contributed by atoms with Crippen molar-refractivity contribution in [2.24, 2.45) is 23.7 Å². The van der Waals surface area contributed by atoms with Crippen LogP contribution in [0.15, 0.2) is 0 Å². The van der Waals surface area contributed by atoms with Gasteiger partial charge in [0.05, 0.1) is 0 Å². The molecule has 1 aliphatic rings. The number of halogens is 1. The van der Waals surface area contributed by atoms with Crippen molar-refractivity contribution < 1.29 is 0 Å². The molecule has 0 heterocycles. The highest BCUT2D eigenvalue weighted by Gasteiger charge is 2.26. The van der Waals surface area contributed by atoms with Crippen LogP contribution in [0, 0.1) is 23.7 Å². The van der Waals surface area contributed by atoms with Crippen LogP contribution in [0.4, 0.5) is 0 Å². The van der Waals surface area contributed by atoms with E-state index in [4.69, 9.17) is 0 Å². The number of alkyl halides is 1. The molecule has 1 fully saturated rings. The van der Waals surface area contributed by atoms with Crippen LogP contribution in [0.3, 0.4) is 0 Å². The average molecular weight is 275 g/mol. The smallest absolute Gasteiger partial charge is 0.0197 e. The number of hydrogen-bond donors (Lipinski definition) is 0. The summed E-state index contributed by atoms with van der Waals surface area (Å²) in [4.78, 5) is 0.739. The Bertz CT molecular complexity index is 174. The summed E-state index contributed by atoms with van der Waals surface area (Å²) in [5.41, 5.74) is 0. The molecule has 0 N–H and O–H groups in total. The lowest BCUT2D eigenvalue weighted by atomic mass is 9.87. The predicted molar refractivity (Wildman–Crippen MR) is 72.5 cm³/mol. The molecule has 0 radical (unpaired) electrons.